The summed E-state index contributed by atoms with van der Waals surface area (Å²) in [6.45, 7) is 0. The smallest absolute Gasteiger partial charge is 0.0561 e. The molecule has 0 aliphatic heterocycles. The van der Waals surface area contributed by atoms with Crippen molar-refractivity contribution in [3.8, 4) is 27.9 Å². The largest absolute Gasteiger partial charge is 0.310 e. The molecule has 2 heteroatoms. The first-order valence-corrected chi connectivity index (χ1v) is 17.6. The van der Waals surface area contributed by atoms with Crippen molar-refractivity contribution in [2.45, 2.75) is 31.1 Å². The van der Waals surface area contributed by atoms with Crippen molar-refractivity contribution in [3.63, 3.8) is 0 Å². The summed E-state index contributed by atoms with van der Waals surface area (Å²) in [5, 5.41) is 2.52. The van der Waals surface area contributed by atoms with Crippen molar-refractivity contribution in [2.24, 2.45) is 0 Å². The predicted octanol–water partition coefficient (Wildman–Crippen LogP) is 12.8. The zero-order chi connectivity index (χ0) is 32.4. The van der Waals surface area contributed by atoms with Crippen molar-refractivity contribution in [1.29, 1.82) is 0 Å². The van der Waals surface area contributed by atoms with E-state index >= 15 is 0 Å². The summed E-state index contributed by atoms with van der Waals surface area (Å²) in [5.74, 6) is 0. The van der Waals surface area contributed by atoms with Crippen molar-refractivity contribution < 1.29 is 0 Å². The topological polar surface area (TPSA) is 8.17 Å². The van der Waals surface area contributed by atoms with Gasteiger partial charge in [-0.05, 0) is 107 Å². The Morgan fingerprint density at radius 3 is 1.86 bits per heavy atom. The molecule has 0 bridgehead atoms. The van der Waals surface area contributed by atoms with Gasteiger partial charge in [0.2, 0.25) is 0 Å². The Morgan fingerprint density at radius 1 is 0.429 bits per heavy atom. The predicted molar refractivity (Wildman–Crippen MR) is 206 cm³/mol. The van der Waals surface area contributed by atoms with Crippen LogP contribution >= 0.6 is 0 Å². The number of hydrogen-bond donors (Lipinski definition) is 0. The van der Waals surface area contributed by atoms with Crippen LogP contribution in [0.1, 0.15) is 36.8 Å². The van der Waals surface area contributed by atoms with Gasteiger partial charge in [-0.1, -0.05) is 122 Å². The second-order valence-electron chi connectivity index (χ2n) is 13.7. The number of nitrogens with zero attached hydrogens (tertiary/aromatic N) is 2. The molecular weight excluding hydrogens is 593 g/mol. The average molecular weight is 629 g/mol. The molecule has 8 aromatic rings. The fourth-order valence-electron chi connectivity index (χ4n) is 8.93. The number of rotatable bonds is 5. The molecule has 7 aromatic carbocycles. The highest BCUT2D eigenvalue weighted by atomic mass is 15.1. The van der Waals surface area contributed by atoms with E-state index in [2.05, 4.69) is 179 Å². The van der Waals surface area contributed by atoms with Gasteiger partial charge < -0.3 is 9.47 Å². The van der Waals surface area contributed by atoms with Gasteiger partial charge >= 0.3 is 0 Å². The van der Waals surface area contributed by atoms with Crippen LogP contribution in [-0.2, 0) is 5.41 Å². The van der Waals surface area contributed by atoms with E-state index in [0.717, 1.165) is 17.1 Å². The van der Waals surface area contributed by atoms with Crippen LogP contribution < -0.4 is 4.90 Å². The van der Waals surface area contributed by atoms with Gasteiger partial charge in [-0.15, -0.1) is 0 Å². The Kier molecular flexibility index (Phi) is 6.39. The molecule has 0 amide bonds. The van der Waals surface area contributed by atoms with E-state index in [1.165, 1.54) is 86.6 Å². The van der Waals surface area contributed by atoms with Crippen molar-refractivity contribution in [3.05, 3.63) is 181 Å². The normalized spacial score (nSPS) is 14.4. The van der Waals surface area contributed by atoms with Crippen LogP contribution in [0, 0.1) is 0 Å². The van der Waals surface area contributed by atoms with E-state index in [9.17, 15) is 0 Å². The molecule has 1 spiro atoms. The highest BCUT2D eigenvalue weighted by molar-refractivity contribution is 6.10. The Morgan fingerprint density at radius 2 is 1.04 bits per heavy atom. The summed E-state index contributed by atoms with van der Waals surface area (Å²) in [6.07, 6.45) is 5.11. The highest BCUT2D eigenvalue weighted by Gasteiger charge is 2.44. The lowest BCUT2D eigenvalue weighted by molar-refractivity contribution is 0.550. The quantitative estimate of drug-likeness (QED) is 0.184. The van der Waals surface area contributed by atoms with Gasteiger partial charge in [0.1, 0.15) is 0 Å². The lowest BCUT2D eigenvalue weighted by Crippen LogP contribution is -2.20. The van der Waals surface area contributed by atoms with E-state index < -0.39 is 0 Å². The number of anilines is 3. The summed E-state index contributed by atoms with van der Waals surface area (Å²) < 4.78 is 2.39. The van der Waals surface area contributed by atoms with E-state index in [4.69, 9.17) is 0 Å². The van der Waals surface area contributed by atoms with Crippen LogP contribution in [0.5, 0.6) is 0 Å². The minimum absolute atomic E-state index is 0.173. The lowest BCUT2D eigenvalue weighted by Gasteiger charge is -2.27. The minimum atomic E-state index is 0.173. The molecule has 2 aliphatic carbocycles. The molecular formula is C47H36N2. The molecule has 0 saturated heterocycles. The first kappa shape index (κ1) is 28.2. The average Bonchev–Trinajstić information content (AvgIpc) is 3.87. The van der Waals surface area contributed by atoms with E-state index in [1.807, 2.05) is 0 Å². The van der Waals surface area contributed by atoms with E-state index in [1.54, 1.807) is 0 Å². The van der Waals surface area contributed by atoms with Gasteiger partial charge in [0.15, 0.2) is 0 Å². The maximum Gasteiger partial charge on any atom is 0.0561 e. The minimum Gasteiger partial charge on any atom is -0.310 e. The van der Waals surface area contributed by atoms with Gasteiger partial charge in [-0.25, -0.2) is 0 Å². The summed E-state index contributed by atoms with van der Waals surface area (Å²) in [5.41, 5.74) is 15.6. The summed E-state index contributed by atoms with van der Waals surface area (Å²) in [6, 6.07) is 62.6. The summed E-state index contributed by atoms with van der Waals surface area (Å²) >= 11 is 0. The molecule has 1 saturated carbocycles. The molecule has 1 fully saturated rings. The van der Waals surface area contributed by atoms with Crippen LogP contribution in [0.3, 0.4) is 0 Å². The molecule has 0 unspecified atom stereocenters. The Labute approximate surface area is 287 Å². The SMILES string of the molecule is c1ccc(N(c2ccc(-c3ccc4c(c3)C3(CCCC3)c3ccccc3-4)cc2)c2ccc3c4ccccc4n(-c4ccccc4)c3c2)cc1. The maximum atomic E-state index is 2.50. The van der Waals surface area contributed by atoms with Gasteiger partial charge in [-0.2, -0.15) is 0 Å². The standard InChI is InChI=1S/C47H36N2/c1-3-13-35(14-4-1)48(38-26-28-42-41-18-8-10-20-45(41)49(46(42)32-38)36-15-5-2-6-16-36)37-24-21-33(22-25-37)34-23-27-40-39-17-7-9-19-43(39)47(44(40)31-34)29-11-12-30-47/h1-10,13-28,31-32H,11-12,29-30H2. The molecule has 2 aliphatic rings. The van der Waals surface area contributed by atoms with Crippen LogP contribution in [0.25, 0.3) is 49.7 Å². The summed E-state index contributed by atoms with van der Waals surface area (Å²) in [4.78, 5) is 2.38. The number of fused-ring (bicyclic) bond motifs is 8. The second kappa shape index (κ2) is 11.1. The van der Waals surface area contributed by atoms with Gasteiger partial charge in [-0.3, -0.25) is 0 Å². The number of benzene rings is 7. The number of hydrogen-bond acceptors (Lipinski definition) is 1. The molecule has 0 radical (unpaired) electrons. The Bertz CT molecular complexity index is 2480. The maximum absolute atomic E-state index is 2.50. The Balaban J connectivity index is 1.08. The van der Waals surface area contributed by atoms with Crippen LogP contribution in [0.4, 0.5) is 17.1 Å². The fourth-order valence-corrected chi connectivity index (χ4v) is 8.93. The van der Waals surface area contributed by atoms with Crippen molar-refractivity contribution >= 4 is 38.9 Å². The van der Waals surface area contributed by atoms with Gasteiger partial charge in [0, 0.05) is 38.9 Å². The molecule has 0 N–H and O–H groups in total. The monoisotopic (exact) mass is 628 g/mol. The zero-order valence-electron chi connectivity index (χ0n) is 27.4. The third kappa shape index (κ3) is 4.34. The molecule has 10 rings (SSSR count). The first-order chi connectivity index (χ1) is 24.3. The van der Waals surface area contributed by atoms with Gasteiger partial charge in [0.05, 0.1) is 11.0 Å². The molecule has 49 heavy (non-hydrogen) atoms. The van der Waals surface area contributed by atoms with Crippen molar-refractivity contribution in [2.75, 3.05) is 4.90 Å². The molecule has 1 heterocycles. The number of para-hydroxylation sites is 3. The molecule has 1 aromatic heterocycles. The Hall–Kier alpha value is -5.86. The highest BCUT2D eigenvalue weighted by Crippen LogP contribution is 2.57. The lowest BCUT2D eigenvalue weighted by atomic mass is 9.76. The van der Waals surface area contributed by atoms with Crippen LogP contribution in [0.15, 0.2) is 170 Å². The second-order valence-corrected chi connectivity index (χ2v) is 13.7. The molecule has 2 nitrogen and oxygen atoms in total. The van der Waals surface area contributed by atoms with E-state index in [0.29, 0.717) is 0 Å². The third-order valence-corrected chi connectivity index (χ3v) is 11.1. The first-order valence-electron chi connectivity index (χ1n) is 17.6. The fraction of sp³-hybridized carbons (Fsp3) is 0.106. The van der Waals surface area contributed by atoms with Crippen LogP contribution in [-0.4, -0.2) is 4.57 Å². The molecule has 234 valence electrons. The molecule has 0 atom stereocenters. The zero-order valence-corrected chi connectivity index (χ0v) is 27.4. The summed E-state index contributed by atoms with van der Waals surface area (Å²) in [7, 11) is 0. The van der Waals surface area contributed by atoms with Crippen molar-refractivity contribution in [1.82, 2.24) is 4.57 Å². The van der Waals surface area contributed by atoms with Gasteiger partial charge in [0.25, 0.3) is 0 Å². The number of aromatic nitrogens is 1. The van der Waals surface area contributed by atoms with E-state index in [-0.39, 0.29) is 5.41 Å². The third-order valence-electron chi connectivity index (χ3n) is 11.1. The van der Waals surface area contributed by atoms with Crippen LogP contribution in [0.2, 0.25) is 0 Å².